The number of carbonyl (C=O) groups excluding carboxylic acids is 1. The summed E-state index contributed by atoms with van der Waals surface area (Å²) >= 11 is 0. The number of hydrogen-bond donors (Lipinski definition) is 0. The van der Waals surface area contributed by atoms with Crippen LogP contribution in [0.5, 0.6) is 5.75 Å². The minimum absolute atomic E-state index is 0.321. The van der Waals surface area contributed by atoms with Crippen molar-refractivity contribution >= 4 is 5.78 Å². The third-order valence-corrected chi connectivity index (χ3v) is 4.30. The molecule has 152 valence electrons. The van der Waals surface area contributed by atoms with Crippen LogP contribution in [0.25, 0.3) is 0 Å². The summed E-state index contributed by atoms with van der Waals surface area (Å²) in [7, 11) is 1.35. The number of aryl methyl sites for hydroxylation is 2. The summed E-state index contributed by atoms with van der Waals surface area (Å²) in [4.78, 5) is 12.2. The van der Waals surface area contributed by atoms with E-state index in [4.69, 9.17) is 4.74 Å². The molecule has 0 heterocycles. The van der Waals surface area contributed by atoms with Crippen molar-refractivity contribution in [3.05, 3.63) is 63.2 Å². The first-order valence-corrected chi connectivity index (χ1v) is 7.96. The maximum atomic E-state index is 13.9. The normalized spacial score (nSPS) is 11.6. The quantitative estimate of drug-likeness (QED) is 0.500. The number of rotatable bonds is 5. The molecule has 0 radical (unpaired) electrons. The lowest BCUT2D eigenvalue weighted by molar-refractivity contribution is -0.143. The van der Waals surface area contributed by atoms with Gasteiger partial charge in [0.1, 0.15) is 17.1 Å². The molecule has 0 bridgehead atoms. The van der Waals surface area contributed by atoms with E-state index in [1.807, 2.05) is 0 Å². The number of halogens is 7. The molecule has 0 saturated carbocycles. The molecule has 0 N–H and O–H groups in total. The SMILES string of the molecule is COc1cc(C)c(C)cc1CC(=O)Cc1c(F)c(F)c(C(F)(F)F)c(F)c1F. The Morgan fingerprint density at radius 2 is 1.39 bits per heavy atom. The lowest BCUT2D eigenvalue weighted by Gasteiger charge is -2.14. The van der Waals surface area contributed by atoms with Gasteiger partial charge >= 0.3 is 6.18 Å². The van der Waals surface area contributed by atoms with Gasteiger partial charge in [0.2, 0.25) is 0 Å². The second kappa shape index (κ2) is 7.81. The van der Waals surface area contributed by atoms with Gasteiger partial charge in [-0.2, -0.15) is 13.2 Å². The average molecular weight is 408 g/mol. The largest absolute Gasteiger partial charge is 0.496 e. The number of carbonyl (C=O) groups is 1. The van der Waals surface area contributed by atoms with E-state index in [1.54, 1.807) is 26.0 Å². The van der Waals surface area contributed by atoms with E-state index in [-0.39, 0.29) is 0 Å². The van der Waals surface area contributed by atoms with Crippen molar-refractivity contribution in [2.75, 3.05) is 7.11 Å². The van der Waals surface area contributed by atoms with Crippen LogP contribution >= 0.6 is 0 Å². The molecule has 0 aliphatic heterocycles. The molecule has 0 atom stereocenters. The molecule has 2 rings (SSSR count). The highest BCUT2D eigenvalue weighted by atomic mass is 19.4. The molecule has 2 aromatic rings. The maximum absolute atomic E-state index is 13.9. The molecule has 0 amide bonds. The summed E-state index contributed by atoms with van der Waals surface area (Å²) < 4.78 is 98.1. The Kier molecular flexibility index (Phi) is 6.06. The molecular weight excluding hydrogens is 393 g/mol. The molecule has 0 saturated heterocycles. The van der Waals surface area contributed by atoms with E-state index in [1.165, 1.54) is 7.11 Å². The monoisotopic (exact) mass is 408 g/mol. The van der Waals surface area contributed by atoms with Crippen molar-refractivity contribution < 1.29 is 40.3 Å². The van der Waals surface area contributed by atoms with Gasteiger partial charge in [-0.05, 0) is 31.0 Å². The summed E-state index contributed by atoms with van der Waals surface area (Å²) in [6, 6.07) is 3.24. The molecular formula is C19H15F7O2. The summed E-state index contributed by atoms with van der Waals surface area (Å²) in [5.41, 5.74) is -2.04. The van der Waals surface area contributed by atoms with Gasteiger partial charge in [-0.3, -0.25) is 4.79 Å². The number of Topliss-reactive ketones (excluding diaryl/α,β-unsaturated/α-hetero) is 1. The van der Waals surface area contributed by atoms with Crippen LogP contribution in [0.15, 0.2) is 12.1 Å². The first-order valence-electron chi connectivity index (χ1n) is 7.96. The van der Waals surface area contributed by atoms with Gasteiger partial charge in [0.15, 0.2) is 23.3 Å². The molecule has 0 aliphatic rings. The zero-order valence-corrected chi connectivity index (χ0v) is 15.0. The first-order chi connectivity index (χ1) is 12.9. The molecule has 2 nitrogen and oxygen atoms in total. The number of hydrogen-bond acceptors (Lipinski definition) is 2. The van der Waals surface area contributed by atoms with E-state index in [0.29, 0.717) is 11.3 Å². The fourth-order valence-electron chi connectivity index (χ4n) is 2.73. The summed E-state index contributed by atoms with van der Waals surface area (Å²) in [5, 5.41) is 0. The second-order valence-corrected chi connectivity index (χ2v) is 6.25. The van der Waals surface area contributed by atoms with Crippen LogP contribution in [0.3, 0.4) is 0 Å². The van der Waals surface area contributed by atoms with Crippen LogP contribution in [0.1, 0.15) is 27.8 Å². The van der Waals surface area contributed by atoms with Crippen LogP contribution in [0.2, 0.25) is 0 Å². The van der Waals surface area contributed by atoms with Crippen molar-refractivity contribution in [1.29, 1.82) is 0 Å². The fraction of sp³-hybridized carbons (Fsp3) is 0.316. The summed E-state index contributed by atoms with van der Waals surface area (Å²) in [5.74, 6) is -10.2. The minimum atomic E-state index is -5.63. The van der Waals surface area contributed by atoms with Crippen LogP contribution in [-0.2, 0) is 23.8 Å². The minimum Gasteiger partial charge on any atom is -0.496 e. The molecule has 0 unspecified atom stereocenters. The lowest BCUT2D eigenvalue weighted by Crippen LogP contribution is -2.19. The van der Waals surface area contributed by atoms with E-state index in [2.05, 4.69) is 0 Å². The van der Waals surface area contributed by atoms with Gasteiger partial charge in [-0.15, -0.1) is 0 Å². The predicted octanol–water partition coefficient (Wildman–Crippen LogP) is 5.24. The number of ketones is 1. The third kappa shape index (κ3) is 4.13. The van der Waals surface area contributed by atoms with Crippen molar-refractivity contribution in [3.8, 4) is 5.75 Å². The maximum Gasteiger partial charge on any atom is 0.422 e. The third-order valence-electron chi connectivity index (χ3n) is 4.30. The molecule has 0 spiro atoms. The van der Waals surface area contributed by atoms with Crippen LogP contribution in [-0.4, -0.2) is 12.9 Å². The molecule has 0 fully saturated rings. The van der Waals surface area contributed by atoms with E-state index in [9.17, 15) is 35.5 Å². The molecule has 0 aliphatic carbocycles. The van der Waals surface area contributed by atoms with Crippen molar-refractivity contribution in [2.24, 2.45) is 0 Å². The highest BCUT2D eigenvalue weighted by Gasteiger charge is 2.42. The molecule has 2 aromatic carbocycles. The highest BCUT2D eigenvalue weighted by molar-refractivity contribution is 5.84. The standard InChI is InChI=1S/C19H15F7O2/c1-8-4-10(13(28-3)5-9(8)2)6-11(27)7-12-15(20)17(22)14(19(24,25)26)18(23)16(12)21/h4-5H,6-7H2,1-3H3. The average Bonchev–Trinajstić information content (AvgIpc) is 2.59. The van der Waals surface area contributed by atoms with Gasteiger partial charge in [-0.1, -0.05) is 6.07 Å². The zero-order valence-electron chi connectivity index (χ0n) is 15.0. The van der Waals surface area contributed by atoms with Gasteiger partial charge in [0.25, 0.3) is 0 Å². The second-order valence-electron chi connectivity index (χ2n) is 6.25. The van der Waals surface area contributed by atoms with Crippen molar-refractivity contribution in [3.63, 3.8) is 0 Å². The lowest BCUT2D eigenvalue weighted by atomic mass is 9.97. The van der Waals surface area contributed by atoms with Crippen LogP contribution in [0, 0.1) is 37.1 Å². The molecule has 28 heavy (non-hydrogen) atoms. The Bertz CT molecular complexity index is 904. The Balaban J connectivity index is 2.39. The van der Waals surface area contributed by atoms with Gasteiger partial charge < -0.3 is 4.74 Å². The van der Waals surface area contributed by atoms with Crippen molar-refractivity contribution in [1.82, 2.24) is 0 Å². The Morgan fingerprint density at radius 3 is 1.86 bits per heavy atom. The van der Waals surface area contributed by atoms with Crippen molar-refractivity contribution in [2.45, 2.75) is 32.9 Å². The topological polar surface area (TPSA) is 26.3 Å². The Morgan fingerprint density at radius 1 is 0.893 bits per heavy atom. The number of alkyl halides is 3. The van der Waals surface area contributed by atoms with Crippen LogP contribution in [0.4, 0.5) is 30.7 Å². The Hall–Kier alpha value is -2.58. The fourth-order valence-corrected chi connectivity index (χ4v) is 2.73. The zero-order chi connectivity index (χ0) is 21.4. The van der Waals surface area contributed by atoms with Crippen LogP contribution < -0.4 is 4.74 Å². The van der Waals surface area contributed by atoms with Gasteiger partial charge in [0, 0.05) is 24.0 Å². The van der Waals surface area contributed by atoms with E-state index in [0.717, 1.165) is 11.1 Å². The predicted molar refractivity (Wildman–Crippen MR) is 86.2 cm³/mol. The van der Waals surface area contributed by atoms with E-state index >= 15 is 0 Å². The van der Waals surface area contributed by atoms with Gasteiger partial charge in [0.05, 0.1) is 7.11 Å². The number of methoxy groups -OCH3 is 1. The summed E-state index contributed by atoms with van der Waals surface area (Å²) in [6.07, 6.45) is -7.15. The molecule has 9 heteroatoms. The summed E-state index contributed by atoms with van der Waals surface area (Å²) in [6.45, 7) is 3.55. The molecule has 0 aromatic heterocycles. The Labute approximate surface area is 155 Å². The number of benzene rings is 2. The van der Waals surface area contributed by atoms with E-state index < -0.39 is 59.2 Å². The van der Waals surface area contributed by atoms with Gasteiger partial charge in [-0.25, -0.2) is 17.6 Å². The smallest absolute Gasteiger partial charge is 0.422 e. The highest BCUT2D eigenvalue weighted by Crippen LogP contribution is 2.37. The first kappa shape index (κ1) is 21.7. The number of ether oxygens (including phenoxy) is 1.